The highest BCUT2D eigenvalue weighted by atomic mass is 16.3. The van der Waals surface area contributed by atoms with Gasteiger partial charge in [-0.3, -0.25) is 4.79 Å². The summed E-state index contributed by atoms with van der Waals surface area (Å²) in [5.41, 5.74) is 5.29. The predicted molar refractivity (Wildman–Crippen MR) is 65.2 cm³/mol. The molecule has 0 aliphatic heterocycles. The molecule has 96 valence electrons. The van der Waals surface area contributed by atoms with Gasteiger partial charge < -0.3 is 15.5 Å². The number of primary amides is 1. The first-order chi connectivity index (χ1) is 8.69. The Balaban J connectivity index is 1.75. The maximum absolute atomic E-state index is 11.0. The van der Waals surface area contributed by atoms with Gasteiger partial charge in [0.2, 0.25) is 11.7 Å². The smallest absolute Gasteiger partial charge is 0.220 e. The van der Waals surface area contributed by atoms with Crippen LogP contribution in [0.15, 0.2) is 16.5 Å². The van der Waals surface area contributed by atoms with Crippen molar-refractivity contribution in [2.24, 2.45) is 11.7 Å². The first-order valence-electron chi connectivity index (χ1n) is 6.20. The Hall–Kier alpha value is -1.80. The third kappa shape index (κ3) is 3.11. The number of nitriles is 1. The minimum absolute atomic E-state index is 0.0388. The molecular formula is C13H17N3O2. The number of nitrogens with two attached hydrogens (primary N) is 1. The van der Waals surface area contributed by atoms with Crippen molar-refractivity contribution in [3.8, 4) is 6.07 Å². The van der Waals surface area contributed by atoms with E-state index >= 15 is 0 Å². The molecule has 5 heteroatoms. The number of amides is 1. The van der Waals surface area contributed by atoms with Gasteiger partial charge in [0.25, 0.3) is 0 Å². The van der Waals surface area contributed by atoms with Crippen molar-refractivity contribution in [2.75, 3.05) is 0 Å². The minimum Gasteiger partial charge on any atom is -0.449 e. The van der Waals surface area contributed by atoms with Crippen LogP contribution in [-0.2, 0) is 11.3 Å². The van der Waals surface area contributed by atoms with E-state index in [1.54, 1.807) is 12.1 Å². The number of rotatable bonds is 4. The zero-order chi connectivity index (χ0) is 13.0. The molecule has 0 spiro atoms. The molecule has 3 N–H and O–H groups in total. The molecule has 1 aliphatic carbocycles. The van der Waals surface area contributed by atoms with Crippen LogP contribution in [0.3, 0.4) is 0 Å². The van der Waals surface area contributed by atoms with Crippen LogP contribution < -0.4 is 11.1 Å². The van der Waals surface area contributed by atoms with Gasteiger partial charge in [-0.25, -0.2) is 0 Å². The van der Waals surface area contributed by atoms with Gasteiger partial charge in [0.15, 0.2) is 0 Å². The van der Waals surface area contributed by atoms with Crippen LogP contribution in [-0.4, -0.2) is 11.9 Å². The van der Waals surface area contributed by atoms with E-state index in [9.17, 15) is 4.79 Å². The summed E-state index contributed by atoms with van der Waals surface area (Å²) < 4.78 is 5.29. The molecule has 18 heavy (non-hydrogen) atoms. The monoisotopic (exact) mass is 247 g/mol. The highest BCUT2D eigenvalue weighted by Crippen LogP contribution is 2.24. The fourth-order valence-electron chi connectivity index (χ4n) is 2.36. The average Bonchev–Trinajstić information content (AvgIpc) is 2.85. The first-order valence-corrected chi connectivity index (χ1v) is 6.20. The fraction of sp³-hybridized carbons (Fsp3) is 0.538. The second-order valence-electron chi connectivity index (χ2n) is 4.71. The summed E-state index contributed by atoms with van der Waals surface area (Å²) in [6.07, 6.45) is 3.63. The Bertz CT molecular complexity index is 453. The first kappa shape index (κ1) is 12.7. The summed E-state index contributed by atoms with van der Waals surface area (Å²) in [5.74, 6) is 0.961. The van der Waals surface area contributed by atoms with Crippen LogP contribution in [0.5, 0.6) is 0 Å². The predicted octanol–water partition coefficient (Wildman–Crippen LogP) is 1.28. The lowest BCUT2D eigenvalue weighted by molar-refractivity contribution is -0.122. The molecule has 0 saturated heterocycles. The minimum atomic E-state index is -0.182. The van der Waals surface area contributed by atoms with Gasteiger partial charge in [0, 0.05) is 12.0 Å². The second-order valence-corrected chi connectivity index (χ2v) is 4.71. The van der Waals surface area contributed by atoms with Crippen LogP contribution in [0.4, 0.5) is 0 Å². The average molecular weight is 247 g/mol. The molecule has 1 heterocycles. The molecule has 1 aromatic heterocycles. The van der Waals surface area contributed by atoms with Gasteiger partial charge in [-0.05, 0) is 37.8 Å². The van der Waals surface area contributed by atoms with Crippen molar-refractivity contribution in [2.45, 2.75) is 38.3 Å². The Kier molecular flexibility index (Phi) is 4.00. The van der Waals surface area contributed by atoms with Gasteiger partial charge in [-0.15, -0.1) is 0 Å². The fourth-order valence-corrected chi connectivity index (χ4v) is 2.36. The number of furan rings is 1. The molecule has 0 bridgehead atoms. The Morgan fingerprint density at radius 2 is 2.17 bits per heavy atom. The number of hydrogen-bond donors (Lipinski definition) is 2. The van der Waals surface area contributed by atoms with Crippen molar-refractivity contribution in [1.82, 2.24) is 5.32 Å². The highest BCUT2D eigenvalue weighted by Gasteiger charge is 2.24. The number of carbonyl (C=O) groups excluding carboxylic acids is 1. The van der Waals surface area contributed by atoms with Crippen LogP contribution in [0.25, 0.3) is 0 Å². The van der Waals surface area contributed by atoms with E-state index in [-0.39, 0.29) is 11.8 Å². The quantitative estimate of drug-likeness (QED) is 0.838. The normalized spacial score (nSPS) is 23.5. The summed E-state index contributed by atoms with van der Waals surface area (Å²) in [5, 5.41) is 12.0. The molecule has 2 rings (SSSR count). The summed E-state index contributed by atoms with van der Waals surface area (Å²) in [4.78, 5) is 11.0. The summed E-state index contributed by atoms with van der Waals surface area (Å²) in [7, 11) is 0. The van der Waals surface area contributed by atoms with E-state index in [2.05, 4.69) is 5.32 Å². The topological polar surface area (TPSA) is 92.0 Å². The number of nitrogens with zero attached hydrogens (tertiary/aromatic N) is 1. The molecule has 0 radical (unpaired) electrons. The Morgan fingerprint density at radius 3 is 2.72 bits per heavy atom. The number of hydrogen-bond acceptors (Lipinski definition) is 4. The lowest BCUT2D eigenvalue weighted by atomic mass is 9.85. The highest BCUT2D eigenvalue weighted by molar-refractivity contribution is 5.76. The standard InChI is InChI=1S/C13H17N3O2/c14-7-11-5-6-12(18-11)8-16-10-3-1-9(2-4-10)13(15)17/h5-6,9-10,16H,1-4,8H2,(H2,15,17). The van der Waals surface area contributed by atoms with Crippen molar-refractivity contribution >= 4 is 5.91 Å². The summed E-state index contributed by atoms with van der Waals surface area (Å²) in [6, 6.07) is 5.83. The zero-order valence-electron chi connectivity index (χ0n) is 10.2. The van der Waals surface area contributed by atoms with E-state index < -0.39 is 0 Å². The molecule has 1 amide bonds. The van der Waals surface area contributed by atoms with E-state index in [0.29, 0.717) is 18.3 Å². The molecule has 0 atom stereocenters. The lowest BCUT2D eigenvalue weighted by Crippen LogP contribution is -2.36. The van der Waals surface area contributed by atoms with Gasteiger partial charge in [0.05, 0.1) is 6.54 Å². The molecule has 1 fully saturated rings. The van der Waals surface area contributed by atoms with Crippen molar-refractivity contribution in [3.05, 3.63) is 23.7 Å². The molecule has 0 aromatic carbocycles. The largest absolute Gasteiger partial charge is 0.449 e. The molecule has 5 nitrogen and oxygen atoms in total. The molecule has 0 unspecified atom stereocenters. The molecular weight excluding hydrogens is 230 g/mol. The van der Waals surface area contributed by atoms with Gasteiger partial charge >= 0.3 is 0 Å². The molecule has 1 aliphatic rings. The van der Waals surface area contributed by atoms with Gasteiger partial charge in [-0.2, -0.15) is 5.26 Å². The van der Waals surface area contributed by atoms with Gasteiger partial charge in [0.1, 0.15) is 11.8 Å². The maximum Gasteiger partial charge on any atom is 0.220 e. The van der Waals surface area contributed by atoms with E-state index in [0.717, 1.165) is 31.4 Å². The van der Waals surface area contributed by atoms with Crippen molar-refractivity contribution in [1.29, 1.82) is 5.26 Å². The number of carbonyl (C=O) groups is 1. The van der Waals surface area contributed by atoms with E-state index in [1.165, 1.54) is 0 Å². The van der Waals surface area contributed by atoms with Crippen LogP contribution in [0, 0.1) is 17.2 Å². The van der Waals surface area contributed by atoms with Gasteiger partial charge in [-0.1, -0.05) is 0 Å². The molecule has 1 saturated carbocycles. The summed E-state index contributed by atoms with van der Waals surface area (Å²) >= 11 is 0. The van der Waals surface area contributed by atoms with Crippen LogP contribution in [0.2, 0.25) is 0 Å². The maximum atomic E-state index is 11.0. The molecule has 1 aromatic rings. The number of nitrogens with one attached hydrogen (secondary N) is 1. The van der Waals surface area contributed by atoms with Crippen molar-refractivity contribution in [3.63, 3.8) is 0 Å². The SMILES string of the molecule is N#Cc1ccc(CNC2CCC(C(N)=O)CC2)o1. The van der Waals surface area contributed by atoms with Crippen LogP contribution in [0.1, 0.15) is 37.2 Å². The van der Waals surface area contributed by atoms with Crippen molar-refractivity contribution < 1.29 is 9.21 Å². The van der Waals surface area contributed by atoms with E-state index in [4.69, 9.17) is 15.4 Å². The van der Waals surface area contributed by atoms with Crippen LogP contribution >= 0.6 is 0 Å². The third-order valence-corrected chi connectivity index (χ3v) is 3.47. The second kappa shape index (κ2) is 5.69. The lowest BCUT2D eigenvalue weighted by Gasteiger charge is -2.27. The summed E-state index contributed by atoms with van der Waals surface area (Å²) in [6.45, 7) is 0.619. The Labute approximate surface area is 106 Å². The zero-order valence-corrected chi connectivity index (χ0v) is 10.2. The van der Waals surface area contributed by atoms with E-state index in [1.807, 2.05) is 6.07 Å². The Morgan fingerprint density at radius 1 is 1.44 bits per heavy atom. The third-order valence-electron chi connectivity index (χ3n) is 3.47.